The summed E-state index contributed by atoms with van der Waals surface area (Å²) in [4.78, 5) is 7.13. The third-order valence-corrected chi connectivity index (χ3v) is 4.01. The maximum Gasteiger partial charge on any atom is 0.191 e. The van der Waals surface area contributed by atoms with Crippen molar-refractivity contribution in [2.24, 2.45) is 4.99 Å². The molecule has 1 saturated heterocycles. The second-order valence-corrected chi connectivity index (χ2v) is 6.11. The average molecular weight is 313 g/mol. The van der Waals surface area contributed by atoms with Crippen LogP contribution >= 0.6 is 0 Å². The molecule has 130 valence electrons. The Morgan fingerprint density at radius 1 is 1.18 bits per heavy atom. The molecular weight excluding hydrogens is 276 g/mol. The van der Waals surface area contributed by atoms with Crippen LogP contribution in [0.15, 0.2) is 4.99 Å². The van der Waals surface area contributed by atoms with Crippen LogP contribution in [-0.2, 0) is 4.74 Å². The Hall–Kier alpha value is -0.810. The fourth-order valence-electron chi connectivity index (χ4n) is 2.63. The first kappa shape index (κ1) is 19.2. The number of nitrogens with zero attached hydrogens (tertiary/aromatic N) is 2. The molecule has 0 amide bonds. The Morgan fingerprint density at radius 2 is 1.95 bits per heavy atom. The largest absolute Gasteiger partial charge is 0.379 e. The highest BCUT2D eigenvalue weighted by molar-refractivity contribution is 5.80. The van der Waals surface area contributed by atoms with E-state index in [9.17, 15) is 0 Å². The molecule has 1 aliphatic heterocycles. The number of morpholine rings is 1. The number of nitrogens with one attached hydrogen (secondary N) is 2. The Morgan fingerprint density at radius 3 is 2.64 bits per heavy atom. The second-order valence-electron chi connectivity index (χ2n) is 6.11. The van der Waals surface area contributed by atoms with E-state index >= 15 is 0 Å². The zero-order valence-corrected chi connectivity index (χ0v) is 14.9. The van der Waals surface area contributed by atoms with Gasteiger partial charge in [0.15, 0.2) is 5.96 Å². The van der Waals surface area contributed by atoms with Gasteiger partial charge in [-0.25, -0.2) is 0 Å². The molecule has 5 nitrogen and oxygen atoms in total. The van der Waals surface area contributed by atoms with E-state index in [1.807, 2.05) is 0 Å². The number of guanidine groups is 1. The number of hydrogen-bond donors (Lipinski definition) is 2. The summed E-state index contributed by atoms with van der Waals surface area (Å²) in [6.07, 6.45) is 6.50. The number of aliphatic imine (C=N–C) groups is 1. The van der Waals surface area contributed by atoms with Gasteiger partial charge in [0.2, 0.25) is 0 Å². The van der Waals surface area contributed by atoms with Crippen molar-refractivity contribution < 1.29 is 4.74 Å². The van der Waals surface area contributed by atoms with Gasteiger partial charge < -0.3 is 15.4 Å². The van der Waals surface area contributed by atoms with Crippen LogP contribution in [0.3, 0.4) is 0 Å². The molecule has 0 radical (unpaired) electrons. The van der Waals surface area contributed by atoms with Crippen LogP contribution in [0.25, 0.3) is 0 Å². The lowest BCUT2D eigenvalue weighted by molar-refractivity contribution is 0.0394. The van der Waals surface area contributed by atoms with Gasteiger partial charge in [0.1, 0.15) is 0 Å². The van der Waals surface area contributed by atoms with Gasteiger partial charge >= 0.3 is 0 Å². The molecule has 0 aromatic rings. The van der Waals surface area contributed by atoms with Crippen molar-refractivity contribution in [2.75, 3.05) is 45.9 Å². The van der Waals surface area contributed by atoms with E-state index in [1.165, 1.54) is 32.1 Å². The van der Waals surface area contributed by atoms with Crippen LogP contribution < -0.4 is 10.6 Å². The predicted octanol–water partition coefficient (Wildman–Crippen LogP) is 2.23. The summed E-state index contributed by atoms with van der Waals surface area (Å²) in [6, 6.07) is 0.484. The van der Waals surface area contributed by atoms with Crippen molar-refractivity contribution in [3.63, 3.8) is 0 Å². The number of rotatable bonds is 10. The molecule has 0 aliphatic carbocycles. The minimum absolute atomic E-state index is 0.484. The molecular formula is C17H36N4O. The molecule has 2 N–H and O–H groups in total. The van der Waals surface area contributed by atoms with Gasteiger partial charge in [0.25, 0.3) is 0 Å². The Balaban J connectivity index is 2.24. The van der Waals surface area contributed by atoms with Gasteiger partial charge in [-0.05, 0) is 20.3 Å². The Labute approximate surface area is 136 Å². The summed E-state index contributed by atoms with van der Waals surface area (Å²) in [6.45, 7) is 13.2. The first-order chi connectivity index (χ1) is 10.8. The van der Waals surface area contributed by atoms with Gasteiger partial charge in [-0.2, -0.15) is 0 Å². The van der Waals surface area contributed by atoms with E-state index < -0.39 is 0 Å². The summed E-state index contributed by atoms with van der Waals surface area (Å²) in [7, 11) is 0. The van der Waals surface area contributed by atoms with E-state index in [-0.39, 0.29) is 0 Å². The summed E-state index contributed by atoms with van der Waals surface area (Å²) >= 11 is 0. The molecule has 1 atom stereocenters. The minimum atomic E-state index is 0.484. The molecule has 0 aromatic heterocycles. The van der Waals surface area contributed by atoms with Crippen LogP contribution in [0.2, 0.25) is 0 Å². The summed E-state index contributed by atoms with van der Waals surface area (Å²) in [5, 5.41) is 6.88. The molecule has 22 heavy (non-hydrogen) atoms. The lowest BCUT2D eigenvalue weighted by Crippen LogP contribution is -2.43. The lowest BCUT2D eigenvalue weighted by Gasteiger charge is -2.26. The summed E-state index contributed by atoms with van der Waals surface area (Å²) < 4.78 is 5.37. The van der Waals surface area contributed by atoms with Crippen molar-refractivity contribution in [3.05, 3.63) is 0 Å². The molecule has 0 spiro atoms. The van der Waals surface area contributed by atoms with Crippen molar-refractivity contribution in [1.29, 1.82) is 0 Å². The van der Waals surface area contributed by atoms with Gasteiger partial charge in [-0.3, -0.25) is 9.89 Å². The molecule has 1 unspecified atom stereocenters. The highest BCUT2D eigenvalue weighted by Crippen LogP contribution is 2.05. The Kier molecular flexibility index (Phi) is 11.1. The normalized spacial score (nSPS) is 18.2. The van der Waals surface area contributed by atoms with Crippen LogP contribution in [0.1, 0.15) is 52.9 Å². The summed E-state index contributed by atoms with van der Waals surface area (Å²) in [5.41, 5.74) is 0. The van der Waals surface area contributed by atoms with E-state index in [1.54, 1.807) is 0 Å². The zero-order chi connectivity index (χ0) is 16.0. The van der Waals surface area contributed by atoms with Gasteiger partial charge in [0, 0.05) is 32.2 Å². The second kappa shape index (κ2) is 12.7. The molecule has 1 heterocycles. The quantitative estimate of drug-likeness (QED) is 0.369. The fourth-order valence-corrected chi connectivity index (χ4v) is 2.63. The van der Waals surface area contributed by atoms with E-state index in [4.69, 9.17) is 9.73 Å². The molecule has 1 rings (SSSR count). The fraction of sp³-hybridized carbons (Fsp3) is 0.941. The van der Waals surface area contributed by atoms with Crippen LogP contribution in [0.5, 0.6) is 0 Å². The maximum atomic E-state index is 5.37. The third kappa shape index (κ3) is 9.26. The molecule has 0 saturated carbocycles. The SMILES string of the molecule is CCCCCCC(C)NC(=NCCN1CCOCC1)NCC. The van der Waals surface area contributed by atoms with Crippen molar-refractivity contribution in [3.8, 4) is 0 Å². The van der Waals surface area contributed by atoms with Gasteiger partial charge in [-0.1, -0.05) is 32.6 Å². The van der Waals surface area contributed by atoms with E-state index in [2.05, 4.69) is 36.3 Å². The highest BCUT2D eigenvalue weighted by Gasteiger charge is 2.09. The molecule has 5 heteroatoms. The number of ether oxygens (including phenoxy) is 1. The third-order valence-electron chi connectivity index (χ3n) is 4.01. The van der Waals surface area contributed by atoms with Crippen molar-refractivity contribution in [2.45, 2.75) is 58.9 Å². The smallest absolute Gasteiger partial charge is 0.191 e. The molecule has 0 aromatic carbocycles. The van der Waals surface area contributed by atoms with Gasteiger partial charge in [0.05, 0.1) is 19.8 Å². The minimum Gasteiger partial charge on any atom is -0.379 e. The van der Waals surface area contributed by atoms with Gasteiger partial charge in [-0.15, -0.1) is 0 Å². The van der Waals surface area contributed by atoms with Crippen molar-refractivity contribution >= 4 is 5.96 Å². The molecule has 0 bridgehead atoms. The van der Waals surface area contributed by atoms with E-state index in [0.717, 1.165) is 51.9 Å². The highest BCUT2D eigenvalue weighted by atomic mass is 16.5. The summed E-state index contributed by atoms with van der Waals surface area (Å²) in [5.74, 6) is 0.957. The van der Waals surface area contributed by atoms with Crippen LogP contribution in [0.4, 0.5) is 0 Å². The molecule has 1 aliphatic rings. The van der Waals surface area contributed by atoms with Crippen molar-refractivity contribution in [1.82, 2.24) is 15.5 Å². The standard InChI is InChI=1S/C17H36N4O/c1-4-6-7-8-9-16(3)20-17(18-5-2)19-10-11-21-12-14-22-15-13-21/h16H,4-15H2,1-3H3,(H2,18,19,20). The monoisotopic (exact) mass is 312 g/mol. The average Bonchev–Trinajstić information content (AvgIpc) is 2.53. The molecule has 1 fully saturated rings. The van der Waals surface area contributed by atoms with Crippen LogP contribution in [-0.4, -0.2) is 62.8 Å². The maximum absolute atomic E-state index is 5.37. The topological polar surface area (TPSA) is 48.9 Å². The predicted molar refractivity (Wildman–Crippen MR) is 94.6 cm³/mol. The Bertz CT molecular complexity index is 290. The zero-order valence-electron chi connectivity index (χ0n) is 14.9. The first-order valence-corrected chi connectivity index (χ1v) is 9.11. The lowest BCUT2D eigenvalue weighted by atomic mass is 10.1. The van der Waals surface area contributed by atoms with E-state index in [0.29, 0.717) is 6.04 Å². The van der Waals surface area contributed by atoms with Crippen LogP contribution in [0, 0.1) is 0 Å². The number of unbranched alkanes of at least 4 members (excludes halogenated alkanes) is 3. The number of hydrogen-bond acceptors (Lipinski definition) is 3. The first-order valence-electron chi connectivity index (χ1n) is 9.11.